The van der Waals surface area contributed by atoms with Crippen LogP contribution >= 0.6 is 0 Å². The molecule has 7 heteroatoms. The van der Waals surface area contributed by atoms with Crippen molar-refractivity contribution in [1.82, 2.24) is 14.9 Å². The molecule has 1 aliphatic heterocycles. The lowest BCUT2D eigenvalue weighted by molar-refractivity contribution is -0.135. The Morgan fingerprint density at radius 2 is 2.05 bits per heavy atom. The second-order valence-corrected chi connectivity index (χ2v) is 5.03. The Kier molecular flexibility index (Phi) is 5.32. The summed E-state index contributed by atoms with van der Waals surface area (Å²) < 4.78 is 5.27. The third-order valence-electron chi connectivity index (χ3n) is 3.47. The third kappa shape index (κ3) is 3.81. The highest BCUT2D eigenvalue weighted by Gasteiger charge is 2.23. The highest BCUT2D eigenvalue weighted by molar-refractivity contribution is 5.84. The number of nitrogens with one attached hydrogen (secondary N) is 2. The van der Waals surface area contributed by atoms with Crippen LogP contribution in [0.2, 0.25) is 0 Å². The van der Waals surface area contributed by atoms with Crippen molar-refractivity contribution in [3.63, 3.8) is 0 Å². The fourth-order valence-electron chi connectivity index (χ4n) is 2.27. The summed E-state index contributed by atoms with van der Waals surface area (Å²) in [6.07, 6.45) is 1.50. The molecule has 0 aromatic carbocycles. The quantitative estimate of drug-likeness (QED) is 0.839. The van der Waals surface area contributed by atoms with Crippen LogP contribution in [0, 0.1) is 6.92 Å². The maximum atomic E-state index is 12.4. The smallest absolute Gasteiger partial charge is 0.244 e. The van der Waals surface area contributed by atoms with E-state index >= 15 is 0 Å². The van der Waals surface area contributed by atoms with Crippen LogP contribution in [-0.4, -0.2) is 59.7 Å². The van der Waals surface area contributed by atoms with Gasteiger partial charge in [0.2, 0.25) is 5.91 Å². The first-order valence-electron chi connectivity index (χ1n) is 7.32. The lowest BCUT2D eigenvalue weighted by atomic mass is 10.2. The van der Waals surface area contributed by atoms with E-state index in [2.05, 4.69) is 20.6 Å². The van der Waals surface area contributed by atoms with Crippen LogP contribution in [0.1, 0.15) is 19.4 Å². The first kappa shape index (κ1) is 15.5. The molecule has 1 amide bonds. The molecule has 1 aromatic heterocycles. The van der Waals surface area contributed by atoms with E-state index in [9.17, 15) is 4.79 Å². The van der Waals surface area contributed by atoms with E-state index in [-0.39, 0.29) is 11.9 Å². The Balaban J connectivity index is 2.03. The fraction of sp³-hybridized carbons (Fsp3) is 0.643. The number of nitrogens with zero attached hydrogens (tertiary/aromatic N) is 3. The van der Waals surface area contributed by atoms with Crippen molar-refractivity contribution in [3.05, 3.63) is 11.9 Å². The predicted molar refractivity (Wildman–Crippen MR) is 81.4 cm³/mol. The molecule has 2 N–H and O–H groups in total. The Morgan fingerprint density at radius 1 is 1.38 bits per heavy atom. The van der Waals surface area contributed by atoms with Gasteiger partial charge in [0.05, 0.1) is 13.2 Å². The van der Waals surface area contributed by atoms with Crippen LogP contribution in [0.15, 0.2) is 6.33 Å². The van der Waals surface area contributed by atoms with Gasteiger partial charge >= 0.3 is 0 Å². The standard InChI is InChI=1S/C14H23N5O2/c1-4-15-12-10(2)13(17-9-16-12)18-11(3)14(20)19-5-7-21-8-6-19/h9,11H,4-8H2,1-3H3,(H2,15,16,17,18). The van der Waals surface area contributed by atoms with E-state index in [1.54, 1.807) is 0 Å². The van der Waals surface area contributed by atoms with Crippen molar-refractivity contribution in [2.45, 2.75) is 26.8 Å². The molecule has 1 aliphatic rings. The molecule has 116 valence electrons. The molecule has 7 nitrogen and oxygen atoms in total. The van der Waals surface area contributed by atoms with Gasteiger partial charge in [-0.1, -0.05) is 0 Å². The van der Waals surface area contributed by atoms with Crippen molar-refractivity contribution < 1.29 is 9.53 Å². The number of ether oxygens (including phenoxy) is 1. The summed E-state index contributed by atoms with van der Waals surface area (Å²) in [7, 11) is 0. The number of rotatable bonds is 5. The molecule has 0 radical (unpaired) electrons. The molecule has 1 fully saturated rings. The van der Waals surface area contributed by atoms with Gasteiger partial charge in [0.15, 0.2) is 0 Å². The minimum Gasteiger partial charge on any atom is -0.378 e. The zero-order valence-electron chi connectivity index (χ0n) is 12.8. The zero-order chi connectivity index (χ0) is 15.2. The number of hydrogen-bond acceptors (Lipinski definition) is 6. The van der Waals surface area contributed by atoms with Crippen molar-refractivity contribution >= 4 is 17.5 Å². The molecule has 1 saturated heterocycles. The van der Waals surface area contributed by atoms with Crippen LogP contribution < -0.4 is 10.6 Å². The van der Waals surface area contributed by atoms with Gasteiger partial charge in [0.25, 0.3) is 0 Å². The van der Waals surface area contributed by atoms with Crippen molar-refractivity contribution in [1.29, 1.82) is 0 Å². The molecule has 1 unspecified atom stereocenters. The number of aromatic nitrogens is 2. The Hall–Kier alpha value is -1.89. The molecular weight excluding hydrogens is 270 g/mol. The molecule has 0 aliphatic carbocycles. The topological polar surface area (TPSA) is 79.4 Å². The van der Waals surface area contributed by atoms with Gasteiger partial charge in [-0.25, -0.2) is 9.97 Å². The predicted octanol–water partition coefficient (Wildman–Crippen LogP) is 0.876. The molecule has 1 aromatic rings. The molecule has 2 rings (SSSR count). The van der Waals surface area contributed by atoms with E-state index < -0.39 is 0 Å². The highest BCUT2D eigenvalue weighted by atomic mass is 16.5. The second-order valence-electron chi connectivity index (χ2n) is 5.03. The lowest BCUT2D eigenvalue weighted by Crippen LogP contribution is -2.47. The molecule has 1 atom stereocenters. The number of carbonyl (C=O) groups is 1. The number of amides is 1. The van der Waals surface area contributed by atoms with E-state index in [4.69, 9.17) is 4.74 Å². The van der Waals surface area contributed by atoms with Crippen molar-refractivity contribution in [2.75, 3.05) is 43.5 Å². The molecule has 0 bridgehead atoms. The van der Waals surface area contributed by atoms with Crippen LogP contribution in [0.4, 0.5) is 11.6 Å². The zero-order valence-corrected chi connectivity index (χ0v) is 12.8. The minimum absolute atomic E-state index is 0.0707. The van der Waals surface area contributed by atoms with Gasteiger partial charge in [-0.15, -0.1) is 0 Å². The number of anilines is 2. The Morgan fingerprint density at radius 3 is 2.71 bits per heavy atom. The van der Waals surface area contributed by atoms with Gasteiger partial charge in [-0.05, 0) is 20.8 Å². The number of morpholine rings is 1. The van der Waals surface area contributed by atoms with Crippen molar-refractivity contribution in [3.8, 4) is 0 Å². The monoisotopic (exact) mass is 293 g/mol. The molecular formula is C14H23N5O2. The van der Waals surface area contributed by atoms with Gasteiger partial charge in [-0.3, -0.25) is 4.79 Å². The lowest BCUT2D eigenvalue weighted by Gasteiger charge is -2.29. The van der Waals surface area contributed by atoms with Gasteiger partial charge in [0, 0.05) is 25.2 Å². The first-order chi connectivity index (χ1) is 10.1. The van der Waals surface area contributed by atoms with Gasteiger partial charge in [0.1, 0.15) is 24.0 Å². The maximum Gasteiger partial charge on any atom is 0.244 e. The van der Waals surface area contributed by atoms with Crippen molar-refractivity contribution in [2.24, 2.45) is 0 Å². The van der Waals surface area contributed by atoms with Crippen LogP contribution in [0.5, 0.6) is 0 Å². The van der Waals surface area contributed by atoms with E-state index in [1.807, 2.05) is 25.7 Å². The summed E-state index contributed by atoms with van der Waals surface area (Å²) >= 11 is 0. The summed E-state index contributed by atoms with van der Waals surface area (Å²) in [5.74, 6) is 1.55. The number of carbonyl (C=O) groups excluding carboxylic acids is 1. The summed E-state index contributed by atoms with van der Waals surface area (Å²) in [5.41, 5.74) is 0.918. The normalized spacial score (nSPS) is 16.4. The van der Waals surface area contributed by atoms with Crippen LogP contribution in [0.25, 0.3) is 0 Å². The van der Waals surface area contributed by atoms with Crippen LogP contribution in [-0.2, 0) is 9.53 Å². The minimum atomic E-state index is -0.328. The van der Waals surface area contributed by atoms with Crippen LogP contribution in [0.3, 0.4) is 0 Å². The third-order valence-corrected chi connectivity index (χ3v) is 3.47. The summed E-state index contributed by atoms with van der Waals surface area (Å²) in [6, 6.07) is -0.328. The summed E-state index contributed by atoms with van der Waals surface area (Å²) in [5, 5.41) is 6.36. The number of hydrogen-bond donors (Lipinski definition) is 2. The van der Waals surface area contributed by atoms with E-state index in [0.29, 0.717) is 32.1 Å². The van der Waals surface area contributed by atoms with Gasteiger partial charge < -0.3 is 20.3 Å². The molecule has 0 spiro atoms. The summed E-state index contributed by atoms with van der Waals surface area (Å²) in [6.45, 7) is 9.11. The summed E-state index contributed by atoms with van der Waals surface area (Å²) in [4.78, 5) is 22.6. The average molecular weight is 293 g/mol. The Bertz CT molecular complexity index is 488. The first-order valence-corrected chi connectivity index (χ1v) is 7.32. The second kappa shape index (κ2) is 7.21. The largest absolute Gasteiger partial charge is 0.378 e. The fourth-order valence-corrected chi connectivity index (χ4v) is 2.27. The Labute approximate surface area is 125 Å². The van der Waals surface area contributed by atoms with Gasteiger partial charge in [-0.2, -0.15) is 0 Å². The van der Waals surface area contributed by atoms with E-state index in [0.717, 1.165) is 17.9 Å². The maximum absolute atomic E-state index is 12.4. The molecule has 2 heterocycles. The SMILES string of the molecule is CCNc1ncnc(NC(C)C(=O)N2CCOCC2)c1C. The average Bonchev–Trinajstić information content (AvgIpc) is 2.51. The molecule has 0 saturated carbocycles. The molecule has 21 heavy (non-hydrogen) atoms. The van der Waals surface area contributed by atoms with E-state index in [1.165, 1.54) is 6.33 Å². The highest BCUT2D eigenvalue weighted by Crippen LogP contribution is 2.19.